The van der Waals surface area contributed by atoms with Gasteiger partial charge in [0.2, 0.25) is 5.91 Å². The van der Waals surface area contributed by atoms with Crippen LogP contribution in [0.4, 0.5) is 23.2 Å². The van der Waals surface area contributed by atoms with E-state index in [1.807, 2.05) is 0 Å². The average Bonchev–Trinajstić information content (AvgIpc) is 3.05. The van der Waals surface area contributed by atoms with E-state index in [-0.39, 0.29) is 24.3 Å². The number of benzene rings is 1. The van der Waals surface area contributed by atoms with E-state index >= 15 is 0 Å². The van der Waals surface area contributed by atoms with Crippen LogP contribution >= 0.6 is 0 Å². The van der Waals surface area contributed by atoms with Crippen LogP contribution in [0, 0.1) is 0 Å². The summed E-state index contributed by atoms with van der Waals surface area (Å²) in [6.07, 6.45) is 0.994. The van der Waals surface area contributed by atoms with Gasteiger partial charge >= 0.3 is 0 Å². The summed E-state index contributed by atoms with van der Waals surface area (Å²) >= 11 is 0. The van der Waals surface area contributed by atoms with Gasteiger partial charge < -0.3 is 14.6 Å². The number of halogens is 4. The molecule has 0 bridgehead atoms. The van der Waals surface area contributed by atoms with Crippen LogP contribution in [-0.4, -0.2) is 40.6 Å². The van der Waals surface area contributed by atoms with Crippen molar-refractivity contribution in [2.45, 2.75) is 37.8 Å². The minimum atomic E-state index is -3.09. The molecular formula is C19H17F4N3O2. The number of alkyl halides is 2. The van der Waals surface area contributed by atoms with Crippen molar-refractivity contribution in [3.63, 3.8) is 0 Å². The van der Waals surface area contributed by atoms with Crippen LogP contribution in [0.15, 0.2) is 47.8 Å². The van der Waals surface area contributed by atoms with Gasteiger partial charge in [-0.05, 0) is 24.3 Å². The quantitative estimate of drug-likeness (QED) is 0.610. The van der Waals surface area contributed by atoms with Gasteiger partial charge in [-0.25, -0.2) is 22.5 Å². The Hall–Kier alpha value is -2.68. The molecule has 1 amide bonds. The number of hydrogen-bond acceptors (Lipinski definition) is 3. The summed E-state index contributed by atoms with van der Waals surface area (Å²) in [5, 5.41) is 0. The average molecular weight is 395 g/mol. The highest BCUT2D eigenvalue weighted by atomic mass is 19.3. The maximum atomic E-state index is 14.6. The molecule has 5 nitrogen and oxygen atoms in total. The van der Waals surface area contributed by atoms with Crippen LogP contribution in [0.5, 0.6) is 0 Å². The van der Waals surface area contributed by atoms with E-state index in [1.54, 1.807) is 18.2 Å². The summed E-state index contributed by atoms with van der Waals surface area (Å²) in [4.78, 5) is 20.5. The van der Waals surface area contributed by atoms with Crippen molar-refractivity contribution in [3.05, 3.63) is 47.8 Å². The Labute approximate surface area is 157 Å². The second kappa shape index (κ2) is 6.73. The van der Waals surface area contributed by atoms with Crippen molar-refractivity contribution in [3.8, 4) is 0 Å². The lowest BCUT2D eigenvalue weighted by molar-refractivity contribution is -0.123. The third kappa shape index (κ3) is 3.42. The Morgan fingerprint density at radius 1 is 1.32 bits per heavy atom. The standard InChI is InChI=1S/C19H17F4N3O2/c1-19(22,23)8-28-11-5-12(20)18(13(21)6-11)16-7-17(27)26(16)10-2-3-14-15(4-10)25-9-24-14/h2-5,9,11,16H,6-8H2,1H3,(H,24,25). The number of aromatic nitrogens is 2. The largest absolute Gasteiger partial charge is 0.367 e. The summed E-state index contributed by atoms with van der Waals surface area (Å²) in [6.45, 7) is -0.261. The van der Waals surface area contributed by atoms with Gasteiger partial charge in [0.1, 0.15) is 18.3 Å². The number of ether oxygens (including phenoxy) is 1. The highest BCUT2D eigenvalue weighted by Gasteiger charge is 2.44. The van der Waals surface area contributed by atoms with Crippen molar-refractivity contribution >= 4 is 22.6 Å². The molecule has 2 unspecified atom stereocenters. The maximum Gasteiger partial charge on any atom is 0.268 e. The van der Waals surface area contributed by atoms with Gasteiger partial charge in [0, 0.05) is 24.6 Å². The number of amides is 1. The molecule has 2 aromatic rings. The second-order valence-corrected chi connectivity index (χ2v) is 7.04. The fourth-order valence-corrected chi connectivity index (χ4v) is 3.47. The molecule has 148 valence electrons. The van der Waals surface area contributed by atoms with Crippen molar-refractivity contribution < 1.29 is 27.1 Å². The maximum absolute atomic E-state index is 14.6. The SMILES string of the molecule is CC(F)(F)COC1C=C(F)C(C2CC(=O)N2c2ccc3[nH]cnc3c2)=C(F)C1. The lowest BCUT2D eigenvalue weighted by Gasteiger charge is -2.42. The summed E-state index contributed by atoms with van der Waals surface area (Å²) < 4.78 is 60.0. The number of nitrogens with one attached hydrogen (secondary N) is 1. The molecule has 9 heteroatoms. The van der Waals surface area contributed by atoms with Gasteiger partial charge in [-0.15, -0.1) is 0 Å². The molecule has 0 radical (unpaired) electrons. The lowest BCUT2D eigenvalue weighted by Crippen LogP contribution is -2.54. The van der Waals surface area contributed by atoms with Crippen LogP contribution in [0.3, 0.4) is 0 Å². The van der Waals surface area contributed by atoms with Gasteiger partial charge in [0.15, 0.2) is 0 Å². The summed E-state index contributed by atoms with van der Waals surface area (Å²) in [6, 6.07) is 4.26. The lowest BCUT2D eigenvalue weighted by atomic mass is 9.87. The zero-order valence-electron chi connectivity index (χ0n) is 14.9. The number of anilines is 1. The molecule has 1 N–H and O–H groups in total. The van der Waals surface area contributed by atoms with Crippen LogP contribution in [0.2, 0.25) is 0 Å². The predicted molar refractivity (Wildman–Crippen MR) is 94.3 cm³/mol. The number of fused-ring (bicyclic) bond motifs is 1. The molecule has 1 saturated heterocycles. The number of rotatable bonds is 5. The fraction of sp³-hybridized carbons (Fsp3) is 0.368. The molecule has 1 aliphatic heterocycles. The Morgan fingerprint density at radius 2 is 2.11 bits per heavy atom. The Morgan fingerprint density at radius 3 is 2.79 bits per heavy atom. The number of hydrogen-bond donors (Lipinski definition) is 1. The molecule has 28 heavy (non-hydrogen) atoms. The zero-order valence-corrected chi connectivity index (χ0v) is 14.9. The zero-order chi connectivity index (χ0) is 20.1. The Balaban J connectivity index is 1.56. The molecule has 2 aliphatic rings. The molecule has 1 fully saturated rings. The highest BCUT2D eigenvalue weighted by Crippen LogP contribution is 2.41. The third-order valence-corrected chi connectivity index (χ3v) is 4.78. The number of β-lactam (4-membered cyclic amide) rings is 1. The first-order valence-corrected chi connectivity index (χ1v) is 8.74. The van der Waals surface area contributed by atoms with E-state index in [0.29, 0.717) is 18.1 Å². The first-order chi connectivity index (χ1) is 13.2. The first-order valence-electron chi connectivity index (χ1n) is 8.74. The Bertz CT molecular complexity index is 992. The first kappa shape index (κ1) is 18.7. The normalized spacial score (nSPS) is 23.2. The van der Waals surface area contributed by atoms with E-state index in [2.05, 4.69) is 9.97 Å². The van der Waals surface area contributed by atoms with Crippen molar-refractivity contribution in [1.29, 1.82) is 0 Å². The smallest absolute Gasteiger partial charge is 0.268 e. The van der Waals surface area contributed by atoms with Gasteiger partial charge in [-0.2, -0.15) is 0 Å². The van der Waals surface area contributed by atoms with Crippen molar-refractivity contribution in [2.24, 2.45) is 0 Å². The van der Waals surface area contributed by atoms with E-state index < -0.39 is 36.3 Å². The molecule has 0 spiro atoms. The van der Waals surface area contributed by atoms with Crippen LogP contribution in [-0.2, 0) is 9.53 Å². The number of carbonyl (C=O) groups is 1. The Kier molecular flexibility index (Phi) is 4.49. The fourth-order valence-electron chi connectivity index (χ4n) is 3.47. The van der Waals surface area contributed by atoms with Crippen molar-refractivity contribution in [2.75, 3.05) is 11.5 Å². The predicted octanol–water partition coefficient (Wildman–Crippen LogP) is 4.19. The molecule has 4 rings (SSSR count). The summed E-state index contributed by atoms with van der Waals surface area (Å²) in [5.74, 6) is -5.05. The number of imidazole rings is 1. The topological polar surface area (TPSA) is 58.2 Å². The summed E-state index contributed by atoms with van der Waals surface area (Å²) in [7, 11) is 0. The second-order valence-electron chi connectivity index (χ2n) is 7.04. The van der Waals surface area contributed by atoms with Crippen LogP contribution in [0.1, 0.15) is 19.8 Å². The van der Waals surface area contributed by atoms with E-state index in [4.69, 9.17) is 4.74 Å². The molecule has 1 aromatic heterocycles. The number of nitrogens with zero attached hydrogens (tertiary/aromatic N) is 2. The number of aromatic amines is 1. The number of carbonyl (C=O) groups excluding carboxylic acids is 1. The van der Waals surface area contributed by atoms with Gasteiger partial charge in [0.25, 0.3) is 5.92 Å². The summed E-state index contributed by atoms with van der Waals surface area (Å²) in [5.41, 5.74) is 1.65. The van der Waals surface area contributed by atoms with E-state index in [1.165, 1.54) is 11.2 Å². The minimum Gasteiger partial charge on any atom is -0.367 e. The van der Waals surface area contributed by atoms with Gasteiger partial charge in [-0.3, -0.25) is 4.79 Å². The monoisotopic (exact) mass is 395 g/mol. The van der Waals surface area contributed by atoms with Crippen LogP contribution < -0.4 is 4.90 Å². The molecular weight excluding hydrogens is 378 g/mol. The molecule has 1 aliphatic carbocycles. The third-order valence-electron chi connectivity index (χ3n) is 4.78. The number of H-pyrrole nitrogens is 1. The minimum absolute atomic E-state index is 0.0405. The van der Waals surface area contributed by atoms with Crippen LogP contribution in [0.25, 0.3) is 11.0 Å². The molecule has 2 atom stereocenters. The van der Waals surface area contributed by atoms with Crippen molar-refractivity contribution in [1.82, 2.24) is 9.97 Å². The highest BCUT2D eigenvalue weighted by molar-refractivity contribution is 6.03. The van der Waals surface area contributed by atoms with Gasteiger partial charge in [-0.1, -0.05) is 0 Å². The van der Waals surface area contributed by atoms with E-state index in [0.717, 1.165) is 11.6 Å². The van der Waals surface area contributed by atoms with Gasteiger partial charge in [0.05, 0.1) is 35.9 Å². The molecule has 2 heterocycles. The molecule has 0 saturated carbocycles. The van der Waals surface area contributed by atoms with E-state index in [9.17, 15) is 22.4 Å². The molecule has 1 aromatic carbocycles.